The van der Waals surface area contributed by atoms with Gasteiger partial charge in [-0.05, 0) is 48.9 Å². The topological polar surface area (TPSA) is 76.3 Å². The van der Waals surface area contributed by atoms with Gasteiger partial charge in [0, 0.05) is 29.1 Å². The number of thiophene rings is 1. The van der Waals surface area contributed by atoms with E-state index in [0.29, 0.717) is 35.5 Å². The van der Waals surface area contributed by atoms with Crippen LogP contribution in [0.15, 0.2) is 44.3 Å². The molecule has 0 bridgehead atoms. The molecule has 1 atom stereocenters. The van der Waals surface area contributed by atoms with Crippen LogP contribution in [0, 0.1) is 6.92 Å². The van der Waals surface area contributed by atoms with Crippen molar-refractivity contribution < 1.29 is 12.8 Å². The second kappa shape index (κ2) is 7.35. The van der Waals surface area contributed by atoms with Gasteiger partial charge in [0.05, 0.1) is 10.8 Å². The van der Waals surface area contributed by atoms with Crippen LogP contribution in [0.25, 0.3) is 11.5 Å². The molecule has 2 aromatic heterocycles. The number of hydrogen-bond acceptors (Lipinski definition) is 6. The van der Waals surface area contributed by atoms with E-state index in [1.54, 1.807) is 36.5 Å². The molecule has 3 heterocycles. The molecule has 0 N–H and O–H groups in total. The lowest BCUT2D eigenvalue weighted by atomic mass is 10.00. The third-order valence-electron chi connectivity index (χ3n) is 4.78. The Labute approximate surface area is 166 Å². The summed E-state index contributed by atoms with van der Waals surface area (Å²) < 4.78 is 33.6. The Hall–Kier alpha value is -1.74. The van der Waals surface area contributed by atoms with Gasteiger partial charge in [0.15, 0.2) is 0 Å². The van der Waals surface area contributed by atoms with Crippen molar-refractivity contribution in [3.05, 3.63) is 51.5 Å². The quantitative estimate of drug-likeness (QED) is 0.624. The zero-order valence-electron chi connectivity index (χ0n) is 14.6. The number of rotatable bonds is 4. The van der Waals surface area contributed by atoms with Gasteiger partial charge in [-0.3, -0.25) is 0 Å². The van der Waals surface area contributed by atoms with Crippen molar-refractivity contribution >= 4 is 33.0 Å². The highest BCUT2D eigenvalue weighted by molar-refractivity contribution is 7.89. The molecule has 0 aliphatic carbocycles. The minimum absolute atomic E-state index is 0.118. The smallest absolute Gasteiger partial charge is 0.248 e. The summed E-state index contributed by atoms with van der Waals surface area (Å²) in [6.45, 7) is 2.51. The molecule has 0 unspecified atom stereocenters. The molecule has 3 aromatic rings. The van der Waals surface area contributed by atoms with Crippen LogP contribution in [0.2, 0.25) is 5.02 Å². The van der Waals surface area contributed by atoms with Gasteiger partial charge >= 0.3 is 0 Å². The summed E-state index contributed by atoms with van der Waals surface area (Å²) in [5, 5.41) is 12.6. The van der Waals surface area contributed by atoms with Gasteiger partial charge in [-0.15, -0.1) is 10.2 Å². The normalized spacial score (nSPS) is 18.7. The molecular weight excluding hydrogens is 406 g/mol. The van der Waals surface area contributed by atoms with E-state index >= 15 is 0 Å². The van der Waals surface area contributed by atoms with E-state index in [2.05, 4.69) is 10.2 Å². The molecule has 142 valence electrons. The number of sulfonamides is 1. The van der Waals surface area contributed by atoms with Crippen molar-refractivity contribution in [3.63, 3.8) is 0 Å². The lowest BCUT2D eigenvalue weighted by Gasteiger charge is -2.30. The third-order valence-corrected chi connectivity index (χ3v) is 7.88. The van der Waals surface area contributed by atoms with Crippen LogP contribution in [0.3, 0.4) is 0 Å². The van der Waals surface area contributed by atoms with Gasteiger partial charge in [0.2, 0.25) is 21.8 Å². The van der Waals surface area contributed by atoms with Crippen molar-refractivity contribution in [1.82, 2.24) is 14.5 Å². The van der Waals surface area contributed by atoms with Gasteiger partial charge in [-0.1, -0.05) is 17.7 Å². The third kappa shape index (κ3) is 3.54. The summed E-state index contributed by atoms with van der Waals surface area (Å²) in [4.78, 5) is 0.250. The molecule has 6 nitrogen and oxygen atoms in total. The largest absolute Gasteiger partial charge is 0.420 e. The number of aromatic nitrogens is 2. The van der Waals surface area contributed by atoms with Crippen LogP contribution in [0.5, 0.6) is 0 Å². The predicted molar refractivity (Wildman–Crippen MR) is 105 cm³/mol. The second-order valence-corrected chi connectivity index (χ2v) is 9.62. The van der Waals surface area contributed by atoms with Crippen LogP contribution in [-0.2, 0) is 10.0 Å². The van der Waals surface area contributed by atoms with Crippen molar-refractivity contribution in [2.24, 2.45) is 0 Å². The fourth-order valence-electron chi connectivity index (χ4n) is 3.27. The Kier molecular flexibility index (Phi) is 5.07. The minimum atomic E-state index is -3.63. The Morgan fingerprint density at radius 1 is 1.30 bits per heavy atom. The van der Waals surface area contributed by atoms with E-state index in [-0.39, 0.29) is 10.8 Å². The Morgan fingerprint density at radius 2 is 2.15 bits per heavy atom. The molecule has 1 fully saturated rings. The van der Waals surface area contributed by atoms with Gasteiger partial charge in [0.25, 0.3) is 0 Å². The average molecular weight is 424 g/mol. The first kappa shape index (κ1) is 18.6. The predicted octanol–water partition coefficient (Wildman–Crippen LogP) is 4.33. The maximum Gasteiger partial charge on any atom is 0.248 e. The first-order valence-electron chi connectivity index (χ1n) is 8.58. The van der Waals surface area contributed by atoms with E-state index in [1.807, 2.05) is 16.8 Å². The summed E-state index contributed by atoms with van der Waals surface area (Å²) in [6, 6.07) is 6.87. The summed E-state index contributed by atoms with van der Waals surface area (Å²) >= 11 is 7.68. The van der Waals surface area contributed by atoms with Gasteiger partial charge in [0.1, 0.15) is 0 Å². The highest BCUT2D eigenvalue weighted by Crippen LogP contribution is 2.33. The van der Waals surface area contributed by atoms with E-state index in [9.17, 15) is 8.42 Å². The van der Waals surface area contributed by atoms with Crippen LogP contribution in [0.4, 0.5) is 0 Å². The number of benzene rings is 1. The van der Waals surface area contributed by atoms with Gasteiger partial charge in [-0.2, -0.15) is 15.6 Å². The Morgan fingerprint density at radius 3 is 2.93 bits per heavy atom. The molecule has 1 saturated heterocycles. The highest BCUT2D eigenvalue weighted by atomic mass is 35.5. The minimum Gasteiger partial charge on any atom is -0.420 e. The second-order valence-electron chi connectivity index (χ2n) is 6.52. The van der Waals surface area contributed by atoms with E-state index in [0.717, 1.165) is 18.4 Å². The van der Waals surface area contributed by atoms with Crippen LogP contribution < -0.4 is 0 Å². The maximum atomic E-state index is 13.1. The maximum absolute atomic E-state index is 13.1. The molecule has 1 aliphatic heterocycles. The summed E-state index contributed by atoms with van der Waals surface area (Å²) in [5.74, 6) is 0.837. The van der Waals surface area contributed by atoms with Crippen LogP contribution in [-0.4, -0.2) is 36.0 Å². The zero-order valence-corrected chi connectivity index (χ0v) is 17.0. The fourth-order valence-corrected chi connectivity index (χ4v) is 5.90. The van der Waals surface area contributed by atoms with Crippen molar-refractivity contribution in [3.8, 4) is 11.5 Å². The fraction of sp³-hybridized carbons (Fsp3) is 0.333. The van der Waals surface area contributed by atoms with Crippen LogP contribution in [0.1, 0.15) is 30.2 Å². The molecule has 0 amide bonds. The summed E-state index contributed by atoms with van der Waals surface area (Å²) in [5.41, 5.74) is 1.45. The molecular formula is C18H18ClN3O3S2. The van der Waals surface area contributed by atoms with E-state index in [1.165, 1.54) is 4.31 Å². The molecule has 0 spiro atoms. The number of piperidine rings is 1. The number of halogens is 1. The van der Waals surface area contributed by atoms with Crippen molar-refractivity contribution in [1.29, 1.82) is 0 Å². The average Bonchev–Trinajstić information content (AvgIpc) is 3.35. The lowest BCUT2D eigenvalue weighted by molar-refractivity contribution is 0.286. The van der Waals surface area contributed by atoms with Crippen molar-refractivity contribution in [2.45, 2.75) is 30.6 Å². The summed E-state index contributed by atoms with van der Waals surface area (Å²) in [6.07, 6.45) is 1.55. The first-order valence-corrected chi connectivity index (χ1v) is 11.3. The van der Waals surface area contributed by atoms with Crippen molar-refractivity contribution in [2.75, 3.05) is 13.1 Å². The SMILES string of the molecule is Cc1c(Cl)cccc1S(=O)(=O)N1CCC[C@@H](c2nnc(-c3ccsc3)o2)C1. The standard InChI is InChI=1S/C18H18ClN3O3S2/c1-12-15(19)5-2-6-16(12)27(23,24)22-8-3-4-13(10-22)17-20-21-18(25-17)14-7-9-26-11-14/h2,5-7,9,11,13H,3-4,8,10H2,1H3/t13-/m1/s1. The number of hydrogen-bond donors (Lipinski definition) is 0. The van der Waals surface area contributed by atoms with Gasteiger partial charge in [-0.25, -0.2) is 8.42 Å². The van der Waals surface area contributed by atoms with Crippen LogP contribution >= 0.6 is 22.9 Å². The molecule has 4 rings (SSSR count). The first-order chi connectivity index (χ1) is 13.0. The van der Waals surface area contributed by atoms with E-state index in [4.69, 9.17) is 16.0 Å². The molecule has 1 aliphatic rings. The highest BCUT2D eigenvalue weighted by Gasteiger charge is 2.34. The molecule has 1 aromatic carbocycles. The summed E-state index contributed by atoms with van der Waals surface area (Å²) in [7, 11) is -3.63. The molecule has 27 heavy (non-hydrogen) atoms. The number of nitrogens with zero attached hydrogens (tertiary/aromatic N) is 3. The van der Waals surface area contributed by atoms with Gasteiger partial charge < -0.3 is 4.42 Å². The van der Waals surface area contributed by atoms with E-state index < -0.39 is 10.0 Å². The molecule has 0 radical (unpaired) electrons. The lowest BCUT2D eigenvalue weighted by Crippen LogP contribution is -2.39. The monoisotopic (exact) mass is 423 g/mol. The molecule has 9 heteroatoms. The zero-order chi connectivity index (χ0) is 19.0. The Bertz CT molecular complexity index is 1050. The Balaban J connectivity index is 1.59. The molecule has 0 saturated carbocycles.